The molecule has 4 N–H and O–H groups in total. The van der Waals surface area contributed by atoms with Crippen molar-refractivity contribution in [1.29, 1.82) is 0 Å². The summed E-state index contributed by atoms with van der Waals surface area (Å²) in [5, 5.41) is 11.2. The Balaban J connectivity index is 3.52. The van der Waals surface area contributed by atoms with Gasteiger partial charge in [-0.3, -0.25) is 19.2 Å². The zero-order chi connectivity index (χ0) is 22.5. The SMILES string of the molecule is CCCCCNC(=O)CCC(=O)NCCCCNC(=O)CCC(=O)NCCCCC. The highest BCUT2D eigenvalue weighted by molar-refractivity contribution is 5.84. The van der Waals surface area contributed by atoms with E-state index in [4.69, 9.17) is 0 Å². The zero-order valence-corrected chi connectivity index (χ0v) is 18.9. The molecule has 0 aromatic heterocycles. The molecule has 0 aliphatic rings. The fourth-order valence-electron chi connectivity index (χ4n) is 2.72. The molecule has 8 nitrogen and oxygen atoms in total. The maximum absolute atomic E-state index is 11.7. The Labute approximate surface area is 181 Å². The van der Waals surface area contributed by atoms with Crippen molar-refractivity contribution >= 4 is 23.6 Å². The molecule has 0 bridgehead atoms. The zero-order valence-electron chi connectivity index (χ0n) is 18.9. The minimum atomic E-state index is -0.132. The summed E-state index contributed by atoms with van der Waals surface area (Å²) in [6.45, 7) is 6.60. The Morgan fingerprint density at radius 1 is 0.433 bits per heavy atom. The van der Waals surface area contributed by atoms with Gasteiger partial charge in [0.1, 0.15) is 0 Å². The number of amides is 4. The maximum Gasteiger partial charge on any atom is 0.220 e. The number of rotatable bonds is 19. The predicted octanol–water partition coefficient (Wildman–Crippen LogP) is 2.17. The Morgan fingerprint density at radius 3 is 0.900 bits per heavy atom. The molecule has 0 saturated carbocycles. The standard InChI is InChI=1S/C22H42N4O4/c1-3-5-7-15-23-19(27)11-13-21(29)25-17-9-10-18-26-22(30)14-12-20(28)24-16-8-6-4-2/h3-18H2,1-2H3,(H,23,27)(H,24,28)(H,25,29)(H,26,30). The van der Waals surface area contributed by atoms with E-state index in [9.17, 15) is 19.2 Å². The third-order valence-electron chi connectivity index (χ3n) is 4.61. The first-order valence-corrected chi connectivity index (χ1v) is 11.6. The van der Waals surface area contributed by atoms with Crippen molar-refractivity contribution in [2.45, 2.75) is 90.9 Å². The van der Waals surface area contributed by atoms with Crippen LogP contribution in [0.15, 0.2) is 0 Å². The lowest BCUT2D eigenvalue weighted by molar-refractivity contribution is -0.126. The lowest BCUT2D eigenvalue weighted by atomic mass is 10.2. The highest BCUT2D eigenvalue weighted by atomic mass is 16.2. The van der Waals surface area contributed by atoms with Crippen LogP contribution in [0.1, 0.15) is 90.9 Å². The number of hydrogen-bond acceptors (Lipinski definition) is 4. The second-order valence-corrected chi connectivity index (χ2v) is 7.52. The Hall–Kier alpha value is -2.12. The molecular formula is C22H42N4O4. The van der Waals surface area contributed by atoms with E-state index in [0.717, 1.165) is 51.4 Å². The molecule has 4 amide bonds. The summed E-state index contributed by atoms with van der Waals surface area (Å²) >= 11 is 0. The van der Waals surface area contributed by atoms with E-state index in [2.05, 4.69) is 35.1 Å². The van der Waals surface area contributed by atoms with E-state index >= 15 is 0 Å². The van der Waals surface area contributed by atoms with Gasteiger partial charge in [0.05, 0.1) is 0 Å². The summed E-state index contributed by atoms with van der Waals surface area (Å²) in [7, 11) is 0. The van der Waals surface area contributed by atoms with Crippen LogP contribution in [0.25, 0.3) is 0 Å². The van der Waals surface area contributed by atoms with Gasteiger partial charge in [-0.15, -0.1) is 0 Å². The van der Waals surface area contributed by atoms with Crippen LogP contribution in [0.3, 0.4) is 0 Å². The van der Waals surface area contributed by atoms with E-state index in [0.29, 0.717) is 26.2 Å². The molecule has 0 fully saturated rings. The fourth-order valence-corrected chi connectivity index (χ4v) is 2.72. The number of nitrogens with one attached hydrogen (secondary N) is 4. The average Bonchev–Trinajstić information content (AvgIpc) is 2.73. The van der Waals surface area contributed by atoms with Gasteiger partial charge in [0.25, 0.3) is 0 Å². The van der Waals surface area contributed by atoms with Crippen molar-refractivity contribution in [3.05, 3.63) is 0 Å². The van der Waals surface area contributed by atoms with Gasteiger partial charge in [-0.1, -0.05) is 39.5 Å². The molecule has 8 heteroatoms. The van der Waals surface area contributed by atoms with Crippen molar-refractivity contribution in [2.24, 2.45) is 0 Å². The molecule has 0 aromatic carbocycles. The van der Waals surface area contributed by atoms with E-state index < -0.39 is 0 Å². The Bertz CT molecular complexity index is 454. The second kappa shape index (κ2) is 20.2. The van der Waals surface area contributed by atoms with Gasteiger partial charge in [-0.05, 0) is 25.7 Å². The Morgan fingerprint density at radius 2 is 0.667 bits per heavy atom. The maximum atomic E-state index is 11.7. The molecular weight excluding hydrogens is 384 g/mol. The summed E-state index contributed by atoms with van der Waals surface area (Å²) in [6.07, 6.45) is 8.63. The molecule has 174 valence electrons. The van der Waals surface area contributed by atoms with E-state index in [1.807, 2.05) is 0 Å². The fraction of sp³-hybridized carbons (Fsp3) is 0.818. The predicted molar refractivity (Wildman–Crippen MR) is 119 cm³/mol. The van der Waals surface area contributed by atoms with Crippen molar-refractivity contribution in [1.82, 2.24) is 21.3 Å². The molecule has 0 saturated heterocycles. The van der Waals surface area contributed by atoms with Gasteiger partial charge in [-0.2, -0.15) is 0 Å². The topological polar surface area (TPSA) is 116 Å². The van der Waals surface area contributed by atoms with Gasteiger partial charge in [0.2, 0.25) is 23.6 Å². The lowest BCUT2D eigenvalue weighted by Gasteiger charge is -2.08. The van der Waals surface area contributed by atoms with Gasteiger partial charge in [0.15, 0.2) is 0 Å². The summed E-state index contributed by atoms with van der Waals surface area (Å²) in [4.78, 5) is 46.7. The van der Waals surface area contributed by atoms with Gasteiger partial charge >= 0.3 is 0 Å². The van der Waals surface area contributed by atoms with Crippen molar-refractivity contribution in [3.63, 3.8) is 0 Å². The van der Waals surface area contributed by atoms with E-state index in [1.54, 1.807) is 0 Å². The molecule has 30 heavy (non-hydrogen) atoms. The highest BCUT2D eigenvalue weighted by Crippen LogP contribution is 1.95. The van der Waals surface area contributed by atoms with Crippen LogP contribution >= 0.6 is 0 Å². The van der Waals surface area contributed by atoms with Crippen LogP contribution in [-0.4, -0.2) is 49.8 Å². The first-order chi connectivity index (χ1) is 14.5. The first-order valence-electron chi connectivity index (χ1n) is 11.6. The minimum absolute atomic E-state index is 0.0846. The molecule has 0 heterocycles. The third kappa shape index (κ3) is 19.2. The minimum Gasteiger partial charge on any atom is -0.356 e. The molecule has 0 spiro atoms. The van der Waals surface area contributed by atoms with Gasteiger partial charge in [-0.25, -0.2) is 0 Å². The van der Waals surface area contributed by atoms with E-state index in [1.165, 1.54) is 0 Å². The molecule has 0 aromatic rings. The smallest absolute Gasteiger partial charge is 0.220 e. The van der Waals surface area contributed by atoms with Crippen molar-refractivity contribution < 1.29 is 19.2 Å². The molecule has 0 unspecified atom stereocenters. The van der Waals surface area contributed by atoms with Crippen molar-refractivity contribution in [3.8, 4) is 0 Å². The monoisotopic (exact) mass is 426 g/mol. The average molecular weight is 427 g/mol. The molecule has 0 rings (SSSR count). The largest absolute Gasteiger partial charge is 0.356 e. The number of carbonyl (C=O) groups excluding carboxylic acids is 4. The molecule has 0 aliphatic carbocycles. The summed E-state index contributed by atoms with van der Waals surface area (Å²) < 4.78 is 0. The summed E-state index contributed by atoms with van der Waals surface area (Å²) in [5.41, 5.74) is 0. The normalized spacial score (nSPS) is 10.3. The van der Waals surface area contributed by atoms with Crippen LogP contribution in [0.4, 0.5) is 0 Å². The van der Waals surface area contributed by atoms with E-state index in [-0.39, 0.29) is 49.3 Å². The highest BCUT2D eigenvalue weighted by Gasteiger charge is 2.07. The van der Waals surface area contributed by atoms with Crippen LogP contribution in [-0.2, 0) is 19.2 Å². The van der Waals surface area contributed by atoms with Crippen molar-refractivity contribution in [2.75, 3.05) is 26.2 Å². The number of hydrogen-bond donors (Lipinski definition) is 4. The van der Waals surface area contributed by atoms with Gasteiger partial charge < -0.3 is 21.3 Å². The molecule has 0 aliphatic heterocycles. The van der Waals surface area contributed by atoms with Crippen LogP contribution in [0.5, 0.6) is 0 Å². The number of unbranched alkanes of at least 4 members (excludes halogenated alkanes) is 5. The van der Waals surface area contributed by atoms with Gasteiger partial charge in [0, 0.05) is 51.9 Å². The summed E-state index contributed by atoms with van der Waals surface area (Å²) in [5.74, 6) is -0.433. The van der Waals surface area contributed by atoms with Crippen LogP contribution in [0, 0.1) is 0 Å². The van der Waals surface area contributed by atoms with Crippen LogP contribution in [0.2, 0.25) is 0 Å². The lowest BCUT2D eigenvalue weighted by Crippen LogP contribution is -2.30. The second-order valence-electron chi connectivity index (χ2n) is 7.52. The molecule has 0 atom stereocenters. The van der Waals surface area contributed by atoms with Crippen LogP contribution < -0.4 is 21.3 Å². The number of carbonyl (C=O) groups is 4. The Kier molecular flexibility index (Phi) is 18.7. The third-order valence-corrected chi connectivity index (χ3v) is 4.61. The molecule has 0 radical (unpaired) electrons. The summed E-state index contributed by atoms with van der Waals surface area (Å²) in [6, 6.07) is 0. The quantitative estimate of drug-likeness (QED) is 0.237. The first kappa shape index (κ1) is 27.9.